The van der Waals surface area contributed by atoms with Crippen molar-refractivity contribution >= 4 is 17.5 Å². The van der Waals surface area contributed by atoms with Crippen LogP contribution in [0, 0.1) is 13.8 Å². The topological polar surface area (TPSA) is 60.9 Å². The summed E-state index contributed by atoms with van der Waals surface area (Å²) in [6.07, 6.45) is 0. The van der Waals surface area contributed by atoms with Crippen molar-refractivity contribution in [2.24, 2.45) is 0 Å². The fourth-order valence-corrected chi connectivity index (χ4v) is 3.07. The lowest BCUT2D eigenvalue weighted by Crippen LogP contribution is -2.57. The zero-order chi connectivity index (χ0) is 18.1. The molecule has 0 aliphatic carbocycles. The highest BCUT2D eigenvalue weighted by Gasteiger charge is 2.34. The molecular weight excluding hydrogens is 316 g/mol. The van der Waals surface area contributed by atoms with Crippen molar-refractivity contribution in [3.8, 4) is 5.75 Å². The Morgan fingerprint density at radius 3 is 2.36 bits per heavy atom. The van der Waals surface area contributed by atoms with Crippen LogP contribution in [0.4, 0.5) is 5.69 Å². The molecule has 1 atom stereocenters. The molecule has 2 aromatic rings. The van der Waals surface area contributed by atoms with Crippen molar-refractivity contribution in [1.29, 1.82) is 0 Å². The SMILES string of the molecule is Cc1ccc(N2C[C@H](C)N(C(=O)c3ccc(C)cc3O)CC2=O)cc1. The maximum Gasteiger partial charge on any atom is 0.258 e. The summed E-state index contributed by atoms with van der Waals surface area (Å²) in [6, 6.07) is 12.6. The van der Waals surface area contributed by atoms with Gasteiger partial charge in [0.25, 0.3) is 5.91 Å². The van der Waals surface area contributed by atoms with E-state index < -0.39 is 0 Å². The molecule has 2 amide bonds. The van der Waals surface area contributed by atoms with Crippen LogP contribution in [0.15, 0.2) is 42.5 Å². The number of hydrogen-bond acceptors (Lipinski definition) is 3. The third-order valence-electron chi connectivity index (χ3n) is 4.58. The summed E-state index contributed by atoms with van der Waals surface area (Å²) < 4.78 is 0. The molecule has 1 fully saturated rings. The van der Waals surface area contributed by atoms with E-state index in [0.29, 0.717) is 6.54 Å². The van der Waals surface area contributed by atoms with E-state index in [9.17, 15) is 14.7 Å². The molecular formula is C20H22N2O3. The number of carbonyl (C=O) groups is 2. The highest BCUT2D eigenvalue weighted by atomic mass is 16.3. The van der Waals surface area contributed by atoms with Crippen molar-refractivity contribution in [2.45, 2.75) is 26.8 Å². The van der Waals surface area contributed by atoms with Gasteiger partial charge in [-0.15, -0.1) is 0 Å². The molecule has 0 radical (unpaired) electrons. The van der Waals surface area contributed by atoms with E-state index in [0.717, 1.165) is 16.8 Å². The second-order valence-corrected chi connectivity index (χ2v) is 6.64. The monoisotopic (exact) mass is 338 g/mol. The zero-order valence-corrected chi connectivity index (χ0v) is 14.7. The zero-order valence-electron chi connectivity index (χ0n) is 14.7. The van der Waals surface area contributed by atoms with Gasteiger partial charge in [0.1, 0.15) is 12.3 Å². The van der Waals surface area contributed by atoms with Crippen LogP contribution in [0.1, 0.15) is 28.4 Å². The molecule has 2 aromatic carbocycles. The summed E-state index contributed by atoms with van der Waals surface area (Å²) in [5, 5.41) is 10.1. The Morgan fingerprint density at radius 1 is 1.08 bits per heavy atom. The minimum absolute atomic E-state index is 0.00118. The van der Waals surface area contributed by atoms with Crippen molar-refractivity contribution in [1.82, 2.24) is 4.90 Å². The van der Waals surface area contributed by atoms with Gasteiger partial charge in [-0.05, 0) is 50.6 Å². The third-order valence-corrected chi connectivity index (χ3v) is 4.58. The minimum Gasteiger partial charge on any atom is -0.507 e. The summed E-state index contributed by atoms with van der Waals surface area (Å²) >= 11 is 0. The average Bonchev–Trinajstić information content (AvgIpc) is 2.57. The van der Waals surface area contributed by atoms with Gasteiger partial charge in [0.2, 0.25) is 5.91 Å². The number of hydrogen-bond donors (Lipinski definition) is 1. The number of nitrogens with zero attached hydrogens (tertiary/aromatic N) is 2. The van der Waals surface area contributed by atoms with Crippen molar-refractivity contribution in [2.75, 3.05) is 18.0 Å². The molecule has 1 saturated heterocycles. The van der Waals surface area contributed by atoms with Gasteiger partial charge in [0.05, 0.1) is 5.56 Å². The van der Waals surface area contributed by atoms with E-state index in [4.69, 9.17) is 0 Å². The molecule has 0 spiro atoms. The van der Waals surface area contributed by atoms with Crippen LogP contribution in [0.25, 0.3) is 0 Å². The molecule has 0 unspecified atom stereocenters. The number of phenolic OH excluding ortho intramolecular Hbond substituents is 1. The van der Waals surface area contributed by atoms with Crippen molar-refractivity contribution < 1.29 is 14.7 Å². The van der Waals surface area contributed by atoms with E-state index in [1.54, 1.807) is 23.1 Å². The Balaban J connectivity index is 1.81. The second kappa shape index (κ2) is 6.59. The molecule has 1 N–H and O–H groups in total. The van der Waals surface area contributed by atoms with Gasteiger partial charge >= 0.3 is 0 Å². The highest BCUT2D eigenvalue weighted by Crippen LogP contribution is 2.25. The van der Waals surface area contributed by atoms with Crippen LogP contribution in [-0.4, -0.2) is 41.0 Å². The van der Waals surface area contributed by atoms with Gasteiger partial charge in [0, 0.05) is 18.3 Å². The molecule has 0 aromatic heterocycles. The number of amides is 2. The quantitative estimate of drug-likeness (QED) is 0.916. The van der Waals surface area contributed by atoms with Crippen LogP contribution in [0.2, 0.25) is 0 Å². The fourth-order valence-electron chi connectivity index (χ4n) is 3.07. The first-order valence-corrected chi connectivity index (χ1v) is 8.34. The number of aromatic hydroxyl groups is 1. The molecule has 0 saturated carbocycles. The lowest BCUT2D eigenvalue weighted by atomic mass is 10.1. The first-order chi connectivity index (χ1) is 11.9. The molecule has 5 nitrogen and oxygen atoms in total. The van der Waals surface area contributed by atoms with Crippen molar-refractivity contribution in [3.63, 3.8) is 0 Å². The fraction of sp³-hybridized carbons (Fsp3) is 0.300. The smallest absolute Gasteiger partial charge is 0.258 e. The largest absolute Gasteiger partial charge is 0.507 e. The summed E-state index contributed by atoms with van der Waals surface area (Å²) in [5.74, 6) is -0.491. The van der Waals surface area contributed by atoms with Gasteiger partial charge in [-0.25, -0.2) is 0 Å². The van der Waals surface area contributed by atoms with E-state index in [1.807, 2.05) is 45.0 Å². The first-order valence-electron chi connectivity index (χ1n) is 8.34. The van der Waals surface area contributed by atoms with Gasteiger partial charge < -0.3 is 14.9 Å². The highest BCUT2D eigenvalue weighted by molar-refractivity contribution is 6.03. The molecule has 1 aliphatic heterocycles. The average molecular weight is 338 g/mol. The molecule has 130 valence electrons. The van der Waals surface area contributed by atoms with Gasteiger partial charge in [0.15, 0.2) is 0 Å². The van der Waals surface area contributed by atoms with E-state index in [-0.39, 0.29) is 35.7 Å². The molecule has 5 heteroatoms. The van der Waals surface area contributed by atoms with E-state index in [1.165, 1.54) is 4.90 Å². The standard InChI is InChI=1S/C20H22N2O3/c1-13-4-7-16(8-5-13)22-11-15(3)21(12-19(22)24)20(25)17-9-6-14(2)10-18(17)23/h4-10,15,23H,11-12H2,1-3H3/t15-/m0/s1. The van der Waals surface area contributed by atoms with Crippen LogP contribution in [0.3, 0.4) is 0 Å². The summed E-state index contributed by atoms with van der Waals surface area (Å²) in [5.41, 5.74) is 3.08. The number of anilines is 1. The van der Waals surface area contributed by atoms with E-state index >= 15 is 0 Å². The second-order valence-electron chi connectivity index (χ2n) is 6.64. The van der Waals surface area contributed by atoms with Gasteiger partial charge in [-0.2, -0.15) is 0 Å². The lowest BCUT2D eigenvalue weighted by molar-refractivity contribution is -0.121. The number of rotatable bonds is 2. The molecule has 0 bridgehead atoms. The molecule has 3 rings (SSSR count). The predicted octanol–water partition coefficient (Wildman–Crippen LogP) is 2.89. The lowest BCUT2D eigenvalue weighted by Gasteiger charge is -2.39. The first kappa shape index (κ1) is 17.0. The summed E-state index contributed by atoms with van der Waals surface area (Å²) in [4.78, 5) is 28.6. The maximum absolute atomic E-state index is 12.8. The summed E-state index contributed by atoms with van der Waals surface area (Å²) in [7, 11) is 0. The number of benzene rings is 2. The number of aryl methyl sites for hydroxylation is 2. The Kier molecular flexibility index (Phi) is 4.49. The summed E-state index contributed by atoms with van der Waals surface area (Å²) in [6.45, 7) is 6.19. The Morgan fingerprint density at radius 2 is 1.72 bits per heavy atom. The maximum atomic E-state index is 12.8. The van der Waals surface area contributed by atoms with Gasteiger partial charge in [-0.1, -0.05) is 23.8 Å². The minimum atomic E-state index is -0.318. The Bertz CT molecular complexity index is 814. The van der Waals surface area contributed by atoms with Crippen LogP contribution < -0.4 is 4.90 Å². The Hall–Kier alpha value is -2.82. The van der Waals surface area contributed by atoms with Crippen LogP contribution in [0.5, 0.6) is 5.75 Å². The van der Waals surface area contributed by atoms with Crippen molar-refractivity contribution in [3.05, 3.63) is 59.2 Å². The predicted molar refractivity (Wildman–Crippen MR) is 96.9 cm³/mol. The van der Waals surface area contributed by atoms with Gasteiger partial charge in [-0.3, -0.25) is 9.59 Å². The number of piperazine rings is 1. The third kappa shape index (κ3) is 3.36. The van der Waals surface area contributed by atoms with Crippen LogP contribution >= 0.6 is 0 Å². The number of carbonyl (C=O) groups excluding carboxylic acids is 2. The molecule has 1 heterocycles. The van der Waals surface area contributed by atoms with Crippen LogP contribution in [-0.2, 0) is 4.79 Å². The Labute approximate surface area is 147 Å². The molecule has 25 heavy (non-hydrogen) atoms. The molecule has 1 aliphatic rings. The van der Waals surface area contributed by atoms with E-state index in [2.05, 4.69) is 0 Å². The normalized spacial score (nSPS) is 17.7. The number of phenols is 1.